The van der Waals surface area contributed by atoms with Crippen LogP contribution in [0.5, 0.6) is 0 Å². The van der Waals surface area contributed by atoms with Gasteiger partial charge in [0.15, 0.2) is 0 Å². The average molecular weight is 239 g/mol. The minimum atomic E-state index is 0.105. The molecule has 2 rings (SSSR count). The number of aliphatic hydroxyl groups excluding tert-OH is 1. The molecule has 1 amide bonds. The Morgan fingerprint density at radius 3 is 2.41 bits per heavy atom. The molecule has 1 saturated carbocycles. The van der Waals surface area contributed by atoms with E-state index in [2.05, 4.69) is 0 Å². The van der Waals surface area contributed by atoms with Crippen molar-refractivity contribution in [3.8, 4) is 0 Å². The average Bonchev–Trinajstić information content (AvgIpc) is 2.68. The molecule has 0 aromatic rings. The Hall–Kier alpha value is -0.570. The minimum absolute atomic E-state index is 0.105. The number of hydrogen-bond donors (Lipinski definition) is 1. The van der Waals surface area contributed by atoms with Crippen molar-refractivity contribution in [1.82, 2.24) is 4.90 Å². The first-order valence-electron chi connectivity index (χ1n) is 7.21. The van der Waals surface area contributed by atoms with Crippen molar-refractivity contribution in [1.29, 1.82) is 0 Å². The molecule has 1 atom stereocenters. The Morgan fingerprint density at radius 2 is 1.76 bits per heavy atom. The van der Waals surface area contributed by atoms with E-state index in [1.54, 1.807) is 0 Å². The Bertz CT molecular complexity index is 247. The zero-order chi connectivity index (χ0) is 12.1. The molecule has 1 aliphatic carbocycles. The third-order valence-corrected chi connectivity index (χ3v) is 4.35. The quantitative estimate of drug-likeness (QED) is 0.768. The van der Waals surface area contributed by atoms with Crippen LogP contribution in [-0.4, -0.2) is 35.1 Å². The van der Waals surface area contributed by atoms with Crippen LogP contribution in [0.25, 0.3) is 0 Å². The van der Waals surface area contributed by atoms with E-state index in [9.17, 15) is 9.90 Å². The largest absolute Gasteiger partial charge is 0.394 e. The highest BCUT2D eigenvalue weighted by Crippen LogP contribution is 2.27. The fourth-order valence-electron chi connectivity index (χ4n) is 3.29. The second-order valence-electron chi connectivity index (χ2n) is 5.63. The summed E-state index contributed by atoms with van der Waals surface area (Å²) in [7, 11) is 0. The molecule has 0 radical (unpaired) electrons. The number of carbonyl (C=O) groups excluding carboxylic acids is 1. The molecule has 1 saturated heterocycles. The van der Waals surface area contributed by atoms with Crippen molar-refractivity contribution in [2.24, 2.45) is 5.92 Å². The van der Waals surface area contributed by atoms with Gasteiger partial charge in [0, 0.05) is 13.0 Å². The summed E-state index contributed by atoms with van der Waals surface area (Å²) in [5.41, 5.74) is 0. The lowest BCUT2D eigenvalue weighted by Crippen LogP contribution is -2.38. The van der Waals surface area contributed by atoms with Gasteiger partial charge < -0.3 is 10.0 Å². The molecule has 3 heteroatoms. The van der Waals surface area contributed by atoms with Gasteiger partial charge in [-0.15, -0.1) is 0 Å². The summed E-state index contributed by atoms with van der Waals surface area (Å²) in [5.74, 6) is 0.887. The maximum atomic E-state index is 12.2. The lowest BCUT2D eigenvalue weighted by molar-refractivity contribution is -0.133. The number of nitrogens with zero attached hydrogens (tertiary/aromatic N) is 1. The third kappa shape index (κ3) is 3.44. The summed E-state index contributed by atoms with van der Waals surface area (Å²) in [6, 6.07) is 0.105. The number of hydrogen-bond acceptors (Lipinski definition) is 2. The van der Waals surface area contributed by atoms with E-state index in [1.165, 1.54) is 38.5 Å². The molecule has 1 aliphatic heterocycles. The summed E-state index contributed by atoms with van der Waals surface area (Å²) in [6.45, 7) is 0.993. The van der Waals surface area contributed by atoms with Crippen LogP contribution in [0.1, 0.15) is 57.8 Å². The van der Waals surface area contributed by atoms with E-state index in [4.69, 9.17) is 0 Å². The molecule has 98 valence electrons. The van der Waals surface area contributed by atoms with Crippen LogP contribution in [0.3, 0.4) is 0 Å². The van der Waals surface area contributed by atoms with Crippen molar-refractivity contribution < 1.29 is 9.90 Å². The highest BCUT2D eigenvalue weighted by molar-refractivity contribution is 5.77. The van der Waals surface area contributed by atoms with Gasteiger partial charge in [0.25, 0.3) is 0 Å². The lowest BCUT2D eigenvalue weighted by Gasteiger charge is -2.25. The molecule has 1 unspecified atom stereocenters. The van der Waals surface area contributed by atoms with Gasteiger partial charge in [-0.3, -0.25) is 4.79 Å². The van der Waals surface area contributed by atoms with E-state index in [1.807, 2.05) is 4.90 Å². The third-order valence-electron chi connectivity index (χ3n) is 4.35. The van der Waals surface area contributed by atoms with Crippen LogP contribution in [-0.2, 0) is 4.79 Å². The number of aliphatic hydroxyl groups is 1. The van der Waals surface area contributed by atoms with Crippen LogP contribution < -0.4 is 0 Å². The molecule has 0 aromatic heterocycles. The topological polar surface area (TPSA) is 40.5 Å². The lowest BCUT2D eigenvalue weighted by atomic mass is 9.96. The van der Waals surface area contributed by atoms with E-state index < -0.39 is 0 Å². The maximum absolute atomic E-state index is 12.2. The molecule has 3 nitrogen and oxygen atoms in total. The van der Waals surface area contributed by atoms with Crippen LogP contribution in [0.15, 0.2) is 0 Å². The van der Waals surface area contributed by atoms with Gasteiger partial charge in [-0.1, -0.05) is 25.7 Å². The summed E-state index contributed by atoms with van der Waals surface area (Å²) in [5, 5.41) is 9.24. The monoisotopic (exact) mass is 239 g/mol. The predicted octanol–water partition coefficient (Wildman–Crippen LogP) is 2.33. The van der Waals surface area contributed by atoms with E-state index in [0.717, 1.165) is 25.8 Å². The van der Waals surface area contributed by atoms with E-state index >= 15 is 0 Å². The Kier molecular flexibility index (Phi) is 4.84. The molecule has 17 heavy (non-hydrogen) atoms. The SMILES string of the molecule is O=C(CC1CCCCCC1)N1CCCC1CO. The van der Waals surface area contributed by atoms with Gasteiger partial charge in [0.1, 0.15) is 0 Å². The van der Waals surface area contributed by atoms with Crippen molar-refractivity contribution in [2.45, 2.75) is 63.8 Å². The molecule has 1 N–H and O–H groups in total. The number of amides is 1. The molecule has 0 bridgehead atoms. The summed E-state index contributed by atoms with van der Waals surface area (Å²) in [4.78, 5) is 14.1. The molecular weight excluding hydrogens is 214 g/mol. The van der Waals surface area contributed by atoms with Gasteiger partial charge in [-0.25, -0.2) is 0 Å². The predicted molar refractivity (Wildman–Crippen MR) is 67.6 cm³/mol. The first-order valence-corrected chi connectivity index (χ1v) is 7.21. The standard InChI is InChI=1S/C14H25NO2/c16-11-13-8-5-9-15(13)14(17)10-12-6-3-1-2-4-7-12/h12-13,16H,1-11H2. The second kappa shape index (κ2) is 6.39. The molecule has 0 aromatic carbocycles. The van der Waals surface area contributed by atoms with Crippen LogP contribution >= 0.6 is 0 Å². The Morgan fingerprint density at radius 1 is 1.06 bits per heavy atom. The maximum Gasteiger partial charge on any atom is 0.223 e. The van der Waals surface area contributed by atoms with Gasteiger partial charge in [0.2, 0.25) is 5.91 Å². The second-order valence-corrected chi connectivity index (χ2v) is 5.63. The molecular formula is C14H25NO2. The summed E-state index contributed by atoms with van der Waals surface area (Å²) < 4.78 is 0. The van der Waals surface area contributed by atoms with E-state index in [0.29, 0.717) is 5.92 Å². The Labute approximate surface area is 104 Å². The zero-order valence-electron chi connectivity index (χ0n) is 10.7. The van der Waals surface area contributed by atoms with Crippen molar-refractivity contribution in [2.75, 3.05) is 13.2 Å². The van der Waals surface area contributed by atoms with E-state index in [-0.39, 0.29) is 18.6 Å². The molecule has 2 fully saturated rings. The van der Waals surface area contributed by atoms with Crippen molar-refractivity contribution >= 4 is 5.91 Å². The van der Waals surface area contributed by atoms with Gasteiger partial charge in [0.05, 0.1) is 12.6 Å². The zero-order valence-corrected chi connectivity index (χ0v) is 10.7. The van der Waals surface area contributed by atoms with Crippen LogP contribution in [0, 0.1) is 5.92 Å². The fraction of sp³-hybridized carbons (Fsp3) is 0.929. The number of likely N-dealkylation sites (tertiary alicyclic amines) is 1. The summed E-state index contributed by atoms with van der Waals surface area (Å²) in [6.07, 6.45) is 10.5. The smallest absolute Gasteiger partial charge is 0.223 e. The number of carbonyl (C=O) groups is 1. The fourth-order valence-corrected chi connectivity index (χ4v) is 3.29. The van der Waals surface area contributed by atoms with Gasteiger partial charge in [-0.05, 0) is 31.6 Å². The van der Waals surface area contributed by atoms with Gasteiger partial charge in [-0.2, -0.15) is 0 Å². The van der Waals surface area contributed by atoms with Gasteiger partial charge >= 0.3 is 0 Å². The normalized spacial score (nSPS) is 27.1. The Balaban J connectivity index is 1.82. The first kappa shape index (κ1) is 12.9. The number of rotatable bonds is 3. The molecule has 0 spiro atoms. The first-order chi connectivity index (χ1) is 8.31. The minimum Gasteiger partial charge on any atom is -0.394 e. The van der Waals surface area contributed by atoms with Crippen LogP contribution in [0.4, 0.5) is 0 Å². The molecule has 1 heterocycles. The summed E-state index contributed by atoms with van der Waals surface area (Å²) >= 11 is 0. The van der Waals surface area contributed by atoms with Crippen LogP contribution in [0.2, 0.25) is 0 Å². The van der Waals surface area contributed by atoms with Crippen molar-refractivity contribution in [3.63, 3.8) is 0 Å². The highest BCUT2D eigenvalue weighted by Gasteiger charge is 2.29. The highest BCUT2D eigenvalue weighted by atomic mass is 16.3. The molecule has 2 aliphatic rings. The van der Waals surface area contributed by atoms with Crippen molar-refractivity contribution in [3.05, 3.63) is 0 Å².